The van der Waals surface area contributed by atoms with E-state index in [4.69, 9.17) is 34.4 Å². The van der Waals surface area contributed by atoms with E-state index in [0.717, 1.165) is 5.56 Å². The molecule has 16 N–H and O–H groups in total. The average molecular weight is 917 g/mol. The van der Waals surface area contributed by atoms with Crippen molar-refractivity contribution in [3.63, 3.8) is 0 Å². The molecule has 0 spiro atoms. The molecule has 21 nitrogen and oxygen atoms in total. The maximum atomic E-state index is 14.3. The molecule has 1 aromatic heterocycles. The number of hydrogen-bond acceptors (Lipinski definition) is 13. The summed E-state index contributed by atoms with van der Waals surface area (Å²) < 4.78 is 0. The Balaban J connectivity index is 2.40. The van der Waals surface area contributed by atoms with Crippen LogP contribution in [0.4, 0.5) is 0 Å². The number of benzene rings is 1. The summed E-state index contributed by atoms with van der Waals surface area (Å²) in [7, 11) is 0. The molecular formula is C42H72N14O7S. The van der Waals surface area contributed by atoms with Gasteiger partial charge < -0.3 is 69.8 Å². The van der Waals surface area contributed by atoms with Crippen molar-refractivity contribution in [3.05, 3.63) is 48.0 Å². The van der Waals surface area contributed by atoms with Crippen LogP contribution in [0.15, 0.2) is 41.8 Å². The molecule has 6 amide bonds. The molecule has 0 aliphatic heterocycles. The van der Waals surface area contributed by atoms with Crippen LogP contribution in [-0.4, -0.2) is 154 Å². The molecule has 1 heterocycles. The normalized spacial score (nSPS) is 12.4. The number of imidazole rings is 1. The Bertz CT molecular complexity index is 1730. The molecular weight excluding hydrogens is 845 g/mol. The standard InChI is InChI=1S/C42H72N14O7S/c43-17-4-1-2-9-36(58)56(25-22-50-40(62)34(8-6-20-52-42(47)48)54(23-19-45)38(60)16-26-64)35(27-31-28-49-29-53-31)41(63)51-21-24-55(33(39(46)61)7-3-5-18-44)37(59)15-12-30-10-13-32(57)14-11-30/h10-11,13-14,28-29,33-35,57,64H,1-9,12,15-27,43-45H2,(H2,46,61)(H,49,53)(H,50,62)(H,51,63)(H4,47,48,52)/t33-,34-,35-/m0/s1. The first-order valence-electron chi connectivity index (χ1n) is 22.0. The third-order valence-electron chi connectivity index (χ3n) is 10.5. The highest BCUT2D eigenvalue weighted by Crippen LogP contribution is 2.17. The van der Waals surface area contributed by atoms with Gasteiger partial charge in [0.15, 0.2) is 5.96 Å². The van der Waals surface area contributed by atoms with Gasteiger partial charge in [0.25, 0.3) is 0 Å². The molecule has 1 aromatic carbocycles. The number of phenolic OH excluding ortho intramolecular Hbond substituents is 1. The highest BCUT2D eigenvalue weighted by atomic mass is 32.1. The lowest BCUT2D eigenvalue weighted by molar-refractivity contribution is -0.142. The van der Waals surface area contributed by atoms with Crippen molar-refractivity contribution in [2.75, 3.05) is 64.7 Å². The number of unbranched alkanes of at least 4 members (excludes halogenated alkanes) is 3. The number of aliphatic imine (C=N–C) groups is 1. The van der Waals surface area contributed by atoms with Crippen LogP contribution in [0.2, 0.25) is 0 Å². The molecule has 0 saturated heterocycles. The minimum atomic E-state index is -1.10. The number of H-pyrrole nitrogens is 1. The number of nitrogens with two attached hydrogens (primary N) is 6. The second-order valence-corrected chi connectivity index (χ2v) is 15.8. The molecule has 64 heavy (non-hydrogen) atoms. The monoisotopic (exact) mass is 917 g/mol. The Morgan fingerprint density at radius 2 is 1.28 bits per heavy atom. The molecule has 0 saturated carbocycles. The molecule has 0 fully saturated rings. The van der Waals surface area contributed by atoms with Crippen molar-refractivity contribution in [1.29, 1.82) is 0 Å². The van der Waals surface area contributed by atoms with Crippen LogP contribution < -0.4 is 45.0 Å². The topological polar surface area (TPSA) is 354 Å². The Kier molecular flexibility index (Phi) is 26.8. The van der Waals surface area contributed by atoms with Crippen LogP contribution in [-0.2, 0) is 41.6 Å². The fourth-order valence-corrected chi connectivity index (χ4v) is 7.37. The van der Waals surface area contributed by atoms with E-state index in [2.05, 4.69) is 38.2 Å². The highest BCUT2D eigenvalue weighted by Gasteiger charge is 2.33. The first-order chi connectivity index (χ1) is 30.8. The van der Waals surface area contributed by atoms with Crippen LogP contribution in [0.3, 0.4) is 0 Å². The summed E-state index contributed by atoms with van der Waals surface area (Å²) in [4.78, 5) is 97.3. The van der Waals surface area contributed by atoms with Gasteiger partial charge in [-0.2, -0.15) is 12.6 Å². The lowest BCUT2D eigenvalue weighted by Crippen LogP contribution is -2.56. The van der Waals surface area contributed by atoms with Gasteiger partial charge in [0, 0.05) is 83.4 Å². The lowest BCUT2D eigenvalue weighted by atomic mass is 10.0. The van der Waals surface area contributed by atoms with Crippen LogP contribution in [0, 0.1) is 0 Å². The quantitative estimate of drug-likeness (QED) is 0.0166. The minimum absolute atomic E-state index is 0.0303. The first kappa shape index (κ1) is 54.7. The molecule has 2 rings (SSSR count). The summed E-state index contributed by atoms with van der Waals surface area (Å²) in [6.07, 6.45) is 7.50. The zero-order valence-corrected chi connectivity index (χ0v) is 37.9. The van der Waals surface area contributed by atoms with E-state index >= 15 is 0 Å². The van der Waals surface area contributed by atoms with E-state index in [1.54, 1.807) is 18.3 Å². The number of primary amides is 1. The Labute approximate surface area is 381 Å². The number of aromatic amines is 1. The Morgan fingerprint density at radius 1 is 0.703 bits per heavy atom. The molecule has 358 valence electrons. The summed E-state index contributed by atoms with van der Waals surface area (Å²) >= 11 is 4.19. The fourth-order valence-electron chi connectivity index (χ4n) is 7.18. The molecule has 0 bridgehead atoms. The first-order valence-corrected chi connectivity index (χ1v) is 22.7. The number of guanidine groups is 1. The maximum Gasteiger partial charge on any atom is 0.243 e. The summed E-state index contributed by atoms with van der Waals surface area (Å²) in [5.41, 5.74) is 35.4. The predicted octanol–water partition coefficient (Wildman–Crippen LogP) is -1.42. The van der Waals surface area contributed by atoms with Gasteiger partial charge in [0.1, 0.15) is 23.9 Å². The number of aryl methyl sites for hydroxylation is 1. The molecule has 0 aliphatic carbocycles. The number of aromatic nitrogens is 2. The number of carbonyl (C=O) groups excluding carboxylic acids is 6. The summed E-state index contributed by atoms with van der Waals surface area (Å²) in [5.74, 6) is -2.47. The smallest absolute Gasteiger partial charge is 0.243 e. The molecule has 0 radical (unpaired) electrons. The third-order valence-corrected chi connectivity index (χ3v) is 10.7. The number of hydrogen-bond donors (Lipinski definition) is 11. The van der Waals surface area contributed by atoms with Crippen molar-refractivity contribution in [3.8, 4) is 5.75 Å². The highest BCUT2D eigenvalue weighted by molar-refractivity contribution is 7.80. The summed E-state index contributed by atoms with van der Waals surface area (Å²) in [5, 5.41) is 15.4. The van der Waals surface area contributed by atoms with Gasteiger partial charge in [-0.05, 0) is 87.9 Å². The molecule has 2 aromatic rings. The van der Waals surface area contributed by atoms with Crippen LogP contribution in [0.1, 0.15) is 81.9 Å². The van der Waals surface area contributed by atoms with E-state index in [1.165, 1.54) is 33.2 Å². The van der Waals surface area contributed by atoms with Gasteiger partial charge in [0.2, 0.25) is 35.4 Å². The Morgan fingerprint density at radius 3 is 1.86 bits per heavy atom. The predicted molar refractivity (Wildman–Crippen MR) is 248 cm³/mol. The van der Waals surface area contributed by atoms with Gasteiger partial charge in [-0.25, -0.2) is 4.98 Å². The van der Waals surface area contributed by atoms with Gasteiger partial charge >= 0.3 is 0 Å². The van der Waals surface area contributed by atoms with Crippen LogP contribution in [0.25, 0.3) is 0 Å². The Hall–Kier alpha value is -5.45. The number of phenols is 1. The zero-order chi connectivity index (χ0) is 47.3. The molecule has 0 unspecified atom stereocenters. The van der Waals surface area contributed by atoms with E-state index in [0.29, 0.717) is 63.7 Å². The van der Waals surface area contributed by atoms with Gasteiger partial charge in [-0.1, -0.05) is 18.6 Å². The van der Waals surface area contributed by atoms with Crippen molar-refractivity contribution >= 4 is 54.0 Å². The van der Waals surface area contributed by atoms with E-state index in [-0.39, 0.29) is 120 Å². The number of rotatable bonds is 34. The zero-order valence-electron chi connectivity index (χ0n) is 37.0. The van der Waals surface area contributed by atoms with Gasteiger partial charge in [-0.15, -0.1) is 0 Å². The number of amides is 6. The number of nitrogens with zero attached hydrogens (tertiary/aromatic N) is 5. The van der Waals surface area contributed by atoms with Crippen molar-refractivity contribution < 1.29 is 33.9 Å². The van der Waals surface area contributed by atoms with E-state index < -0.39 is 35.8 Å². The fraction of sp³-hybridized carbons (Fsp3) is 0.619. The van der Waals surface area contributed by atoms with E-state index in [1.807, 2.05) is 0 Å². The number of thiol groups is 1. The van der Waals surface area contributed by atoms with E-state index in [9.17, 15) is 33.9 Å². The summed E-state index contributed by atoms with van der Waals surface area (Å²) in [6.45, 7) is 0.992. The molecule has 3 atom stereocenters. The SMILES string of the molecule is NCCCCCC(=O)N(CCNC(=O)[C@H](CCCN=C(N)N)N(CCN)C(=O)CCS)[C@@H](Cc1cnc[nH]1)C(=O)NCCN(C(=O)CCc1ccc(O)cc1)[C@@H](CCCCN)C(N)=O. The van der Waals surface area contributed by atoms with Gasteiger partial charge in [-0.3, -0.25) is 33.8 Å². The second kappa shape index (κ2) is 31.4. The van der Waals surface area contributed by atoms with Crippen molar-refractivity contribution in [1.82, 2.24) is 35.3 Å². The van der Waals surface area contributed by atoms with Crippen LogP contribution in [0.5, 0.6) is 5.75 Å². The molecule has 0 aliphatic rings. The van der Waals surface area contributed by atoms with Crippen molar-refractivity contribution in [2.24, 2.45) is 39.4 Å². The number of carbonyl (C=O) groups is 6. The second-order valence-electron chi connectivity index (χ2n) is 15.3. The summed E-state index contributed by atoms with van der Waals surface area (Å²) in [6, 6.07) is 3.46. The molecule has 22 heteroatoms. The number of aromatic hydroxyl groups is 1. The third kappa shape index (κ3) is 20.4. The van der Waals surface area contributed by atoms with Gasteiger partial charge in [0.05, 0.1) is 6.33 Å². The lowest BCUT2D eigenvalue weighted by Gasteiger charge is -2.33. The minimum Gasteiger partial charge on any atom is -0.508 e. The van der Waals surface area contributed by atoms with Crippen LogP contribution >= 0.6 is 12.6 Å². The average Bonchev–Trinajstić information content (AvgIpc) is 3.79. The number of nitrogens with one attached hydrogen (secondary N) is 3. The van der Waals surface area contributed by atoms with Crippen molar-refractivity contribution in [2.45, 2.75) is 102 Å². The largest absolute Gasteiger partial charge is 0.508 e. The maximum absolute atomic E-state index is 14.3.